The van der Waals surface area contributed by atoms with Gasteiger partial charge in [0.05, 0.1) is 6.04 Å². The van der Waals surface area contributed by atoms with Gasteiger partial charge in [-0.25, -0.2) is 8.78 Å². The van der Waals surface area contributed by atoms with Crippen LogP contribution in [0.1, 0.15) is 30.9 Å². The number of benzene rings is 1. The van der Waals surface area contributed by atoms with Gasteiger partial charge in [0.1, 0.15) is 11.6 Å². The Labute approximate surface area is 87.6 Å². The largest absolute Gasteiger partial charge is 0.320 e. The molecule has 1 aliphatic rings. The summed E-state index contributed by atoms with van der Waals surface area (Å²) < 4.78 is 26.1. The van der Waals surface area contributed by atoms with Gasteiger partial charge in [-0.05, 0) is 25.3 Å². The molecule has 80 valence electrons. The molecule has 2 N–H and O–H groups in total. The molecule has 1 unspecified atom stereocenters. The van der Waals surface area contributed by atoms with Gasteiger partial charge < -0.3 is 5.73 Å². The highest BCUT2D eigenvalue weighted by molar-refractivity contribution is 5.30. The molecule has 0 saturated heterocycles. The molecule has 0 saturated carbocycles. The quantitative estimate of drug-likeness (QED) is 0.744. The highest BCUT2D eigenvalue weighted by Crippen LogP contribution is 2.30. The van der Waals surface area contributed by atoms with Crippen LogP contribution in [0.5, 0.6) is 0 Å². The highest BCUT2D eigenvalue weighted by Gasteiger charge is 2.18. The number of halogens is 2. The van der Waals surface area contributed by atoms with Crippen molar-refractivity contribution in [3.63, 3.8) is 0 Å². The Kier molecular flexibility index (Phi) is 2.82. The molecule has 0 aliphatic heterocycles. The van der Waals surface area contributed by atoms with E-state index in [0.717, 1.165) is 30.9 Å². The van der Waals surface area contributed by atoms with Crippen LogP contribution in [0.25, 0.3) is 0 Å². The van der Waals surface area contributed by atoms with Crippen LogP contribution in [-0.2, 0) is 0 Å². The van der Waals surface area contributed by atoms with E-state index in [0.29, 0.717) is 5.56 Å². The first-order chi connectivity index (χ1) is 7.18. The fourth-order valence-electron chi connectivity index (χ4n) is 1.93. The van der Waals surface area contributed by atoms with Crippen LogP contribution < -0.4 is 5.73 Å². The van der Waals surface area contributed by atoms with E-state index in [2.05, 4.69) is 0 Å². The molecule has 15 heavy (non-hydrogen) atoms. The zero-order chi connectivity index (χ0) is 10.8. The maximum Gasteiger partial charge on any atom is 0.131 e. The van der Waals surface area contributed by atoms with Gasteiger partial charge >= 0.3 is 0 Å². The monoisotopic (exact) mass is 209 g/mol. The Bertz CT molecular complexity index is 399. The normalized spacial score (nSPS) is 17.7. The molecule has 1 aliphatic carbocycles. The van der Waals surface area contributed by atoms with E-state index >= 15 is 0 Å². The van der Waals surface area contributed by atoms with Gasteiger partial charge in [0.2, 0.25) is 0 Å². The smallest absolute Gasteiger partial charge is 0.131 e. The maximum absolute atomic E-state index is 13.4. The molecule has 0 heterocycles. The number of rotatable bonds is 2. The summed E-state index contributed by atoms with van der Waals surface area (Å²) in [6.07, 6.45) is 5.04. The van der Waals surface area contributed by atoms with Crippen LogP contribution in [0.3, 0.4) is 0 Å². The van der Waals surface area contributed by atoms with Crippen LogP contribution in [0, 0.1) is 11.6 Å². The molecule has 2 rings (SSSR count). The summed E-state index contributed by atoms with van der Waals surface area (Å²) in [6, 6.07) is 3.13. The topological polar surface area (TPSA) is 26.0 Å². The van der Waals surface area contributed by atoms with Crippen molar-refractivity contribution in [1.29, 1.82) is 0 Å². The minimum absolute atomic E-state index is 0.379. The molecule has 0 fully saturated rings. The summed E-state index contributed by atoms with van der Waals surface area (Å²) in [5.41, 5.74) is 7.36. The Hall–Kier alpha value is -1.22. The van der Waals surface area contributed by atoms with Crippen molar-refractivity contribution in [1.82, 2.24) is 0 Å². The number of nitrogens with two attached hydrogens (primary N) is 1. The standard InChI is InChI=1S/C12H13F2N/c13-9-5-6-10(11(14)7-9)12(15)8-3-1-2-4-8/h3,5-7,12H,1-2,4,15H2. The van der Waals surface area contributed by atoms with Crippen molar-refractivity contribution in [3.05, 3.63) is 47.0 Å². The first kappa shape index (κ1) is 10.3. The van der Waals surface area contributed by atoms with Gasteiger partial charge in [-0.1, -0.05) is 17.7 Å². The van der Waals surface area contributed by atoms with Crippen LogP contribution in [-0.4, -0.2) is 0 Å². The molecular formula is C12H13F2N. The fraction of sp³-hybridized carbons (Fsp3) is 0.333. The molecule has 0 amide bonds. The zero-order valence-corrected chi connectivity index (χ0v) is 8.34. The minimum atomic E-state index is -0.566. The van der Waals surface area contributed by atoms with E-state index in [-0.39, 0.29) is 0 Å². The van der Waals surface area contributed by atoms with Crippen LogP contribution in [0.15, 0.2) is 29.8 Å². The summed E-state index contributed by atoms with van der Waals surface area (Å²) in [7, 11) is 0. The summed E-state index contributed by atoms with van der Waals surface area (Å²) >= 11 is 0. The lowest BCUT2D eigenvalue weighted by Crippen LogP contribution is -2.14. The molecule has 0 aromatic heterocycles. The molecule has 1 atom stereocenters. The average molecular weight is 209 g/mol. The number of allylic oxidation sites excluding steroid dienone is 1. The summed E-state index contributed by atoms with van der Waals surface area (Å²) in [4.78, 5) is 0. The van der Waals surface area contributed by atoms with E-state index in [1.807, 2.05) is 6.08 Å². The molecule has 0 radical (unpaired) electrons. The molecule has 1 aromatic rings. The maximum atomic E-state index is 13.4. The van der Waals surface area contributed by atoms with E-state index in [1.165, 1.54) is 12.1 Å². The highest BCUT2D eigenvalue weighted by atomic mass is 19.1. The first-order valence-corrected chi connectivity index (χ1v) is 5.08. The average Bonchev–Trinajstić information content (AvgIpc) is 2.69. The Morgan fingerprint density at radius 3 is 2.67 bits per heavy atom. The first-order valence-electron chi connectivity index (χ1n) is 5.08. The molecule has 1 nitrogen and oxygen atoms in total. The van der Waals surface area contributed by atoms with Gasteiger partial charge in [0.15, 0.2) is 0 Å². The molecule has 0 spiro atoms. The summed E-state index contributed by atoms with van der Waals surface area (Å²) in [6.45, 7) is 0. The third-order valence-electron chi connectivity index (χ3n) is 2.77. The van der Waals surface area contributed by atoms with Gasteiger partial charge in [0.25, 0.3) is 0 Å². The SMILES string of the molecule is NC(C1=CCCC1)c1ccc(F)cc1F. The zero-order valence-electron chi connectivity index (χ0n) is 8.34. The number of hydrogen-bond donors (Lipinski definition) is 1. The van der Waals surface area contributed by atoms with E-state index in [1.54, 1.807) is 0 Å². The van der Waals surface area contributed by atoms with Gasteiger partial charge in [0, 0.05) is 11.6 Å². The predicted molar refractivity (Wildman–Crippen MR) is 55.2 cm³/mol. The Morgan fingerprint density at radius 1 is 1.27 bits per heavy atom. The second-order valence-electron chi connectivity index (χ2n) is 3.81. The lowest BCUT2D eigenvalue weighted by atomic mass is 9.98. The lowest BCUT2D eigenvalue weighted by molar-refractivity contribution is 0.563. The number of hydrogen-bond acceptors (Lipinski definition) is 1. The van der Waals surface area contributed by atoms with Crippen molar-refractivity contribution in [2.75, 3.05) is 0 Å². The second kappa shape index (κ2) is 4.11. The third-order valence-corrected chi connectivity index (χ3v) is 2.77. The Morgan fingerprint density at radius 2 is 2.07 bits per heavy atom. The van der Waals surface area contributed by atoms with E-state index in [9.17, 15) is 8.78 Å². The third kappa shape index (κ3) is 2.07. The van der Waals surface area contributed by atoms with Crippen molar-refractivity contribution in [2.24, 2.45) is 5.73 Å². The van der Waals surface area contributed by atoms with Crippen LogP contribution in [0.4, 0.5) is 8.78 Å². The van der Waals surface area contributed by atoms with Crippen LogP contribution >= 0.6 is 0 Å². The minimum Gasteiger partial charge on any atom is -0.320 e. The molecular weight excluding hydrogens is 196 g/mol. The summed E-state index contributed by atoms with van der Waals surface area (Å²) in [5, 5.41) is 0. The summed E-state index contributed by atoms with van der Waals surface area (Å²) in [5.74, 6) is -1.13. The Balaban J connectivity index is 2.28. The van der Waals surface area contributed by atoms with Crippen molar-refractivity contribution in [3.8, 4) is 0 Å². The molecule has 0 bridgehead atoms. The van der Waals surface area contributed by atoms with E-state index in [4.69, 9.17) is 5.73 Å². The predicted octanol–water partition coefficient (Wildman–Crippen LogP) is 3.07. The molecule has 1 aromatic carbocycles. The molecule has 3 heteroatoms. The van der Waals surface area contributed by atoms with Crippen molar-refractivity contribution in [2.45, 2.75) is 25.3 Å². The lowest BCUT2D eigenvalue weighted by Gasteiger charge is -2.14. The van der Waals surface area contributed by atoms with Gasteiger partial charge in [-0.2, -0.15) is 0 Å². The van der Waals surface area contributed by atoms with Gasteiger partial charge in [-0.3, -0.25) is 0 Å². The fourth-order valence-corrected chi connectivity index (χ4v) is 1.93. The van der Waals surface area contributed by atoms with E-state index < -0.39 is 17.7 Å². The van der Waals surface area contributed by atoms with Crippen molar-refractivity contribution < 1.29 is 8.78 Å². The van der Waals surface area contributed by atoms with Gasteiger partial charge in [-0.15, -0.1) is 0 Å². The van der Waals surface area contributed by atoms with Crippen LogP contribution in [0.2, 0.25) is 0 Å². The second-order valence-corrected chi connectivity index (χ2v) is 3.81. The van der Waals surface area contributed by atoms with Crippen molar-refractivity contribution >= 4 is 0 Å².